The largest absolute Gasteiger partial charge is 0.497 e. The van der Waals surface area contributed by atoms with E-state index in [1.165, 1.54) is 44.9 Å². The molecule has 0 amide bonds. The summed E-state index contributed by atoms with van der Waals surface area (Å²) in [6.45, 7) is 2.21. The van der Waals surface area contributed by atoms with Crippen LogP contribution in [0.4, 0.5) is 13.2 Å². The van der Waals surface area contributed by atoms with Crippen LogP contribution in [0.3, 0.4) is 0 Å². The Morgan fingerprint density at radius 2 is 1.43 bits per heavy atom. The summed E-state index contributed by atoms with van der Waals surface area (Å²) in [6.07, 6.45) is 10.9. The fourth-order valence-electron chi connectivity index (χ4n) is 6.15. The van der Waals surface area contributed by atoms with Gasteiger partial charge in [-0.25, -0.2) is 18.0 Å². The lowest BCUT2D eigenvalue weighted by atomic mass is 9.76. The molecule has 0 spiro atoms. The van der Waals surface area contributed by atoms with Gasteiger partial charge in [-0.15, -0.1) is 0 Å². The van der Waals surface area contributed by atoms with Crippen LogP contribution in [0, 0.1) is 23.4 Å². The molecule has 0 aliphatic heterocycles. The van der Waals surface area contributed by atoms with Crippen molar-refractivity contribution in [2.45, 2.75) is 102 Å². The summed E-state index contributed by atoms with van der Waals surface area (Å²) in [5.41, 5.74) is 0.805. The van der Waals surface area contributed by atoms with Crippen LogP contribution in [-0.4, -0.2) is 19.2 Å². The summed E-state index contributed by atoms with van der Waals surface area (Å²) < 4.78 is 55.1. The number of rotatable bonds is 9. The Labute approximate surface area is 218 Å². The molecule has 0 heterocycles. The number of esters is 1. The van der Waals surface area contributed by atoms with Crippen molar-refractivity contribution in [3.05, 3.63) is 64.5 Å². The molecule has 0 unspecified atom stereocenters. The second-order valence-electron chi connectivity index (χ2n) is 10.8. The van der Waals surface area contributed by atoms with Crippen molar-refractivity contribution in [2.75, 3.05) is 7.11 Å². The summed E-state index contributed by atoms with van der Waals surface area (Å²) in [5, 5.41) is 0. The lowest BCUT2D eigenvalue weighted by Gasteiger charge is -2.31. The maximum Gasteiger partial charge on any atom is 0.341 e. The number of carbonyl (C=O) groups is 1. The highest BCUT2D eigenvalue weighted by molar-refractivity contribution is 5.90. The Kier molecular flexibility index (Phi) is 9.55. The second-order valence-corrected chi connectivity index (χ2v) is 10.8. The first-order chi connectivity index (χ1) is 17.9. The first-order valence-electron chi connectivity index (χ1n) is 13.9. The molecule has 6 heteroatoms. The molecule has 0 N–H and O–H groups in total. The van der Waals surface area contributed by atoms with E-state index < -0.39 is 23.4 Å². The standard InChI is InChI=1S/C31H39F3O3/c1-3-4-5-6-20-7-9-21(10-8-20)25-17-18-26(30(34)29(25)33)22-11-13-23(14-12-22)37-31(35)27-16-15-24(36-2)19-28(27)32/h15-23H,3-14H2,1-2H3. The van der Waals surface area contributed by atoms with Gasteiger partial charge in [0.2, 0.25) is 0 Å². The van der Waals surface area contributed by atoms with Gasteiger partial charge in [-0.05, 0) is 92.4 Å². The number of hydrogen-bond acceptors (Lipinski definition) is 3. The van der Waals surface area contributed by atoms with Crippen molar-refractivity contribution in [1.29, 1.82) is 0 Å². The van der Waals surface area contributed by atoms with Crippen LogP contribution in [-0.2, 0) is 4.74 Å². The second kappa shape index (κ2) is 12.8. The molecule has 2 aromatic carbocycles. The van der Waals surface area contributed by atoms with Gasteiger partial charge in [0.05, 0.1) is 12.7 Å². The van der Waals surface area contributed by atoms with Gasteiger partial charge in [0.25, 0.3) is 0 Å². The summed E-state index contributed by atoms with van der Waals surface area (Å²) in [5.74, 6) is -1.79. The van der Waals surface area contributed by atoms with Gasteiger partial charge in [0, 0.05) is 6.07 Å². The van der Waals surface area contributed by atoms with E-state index in [4.69, 9.17) is 9.47 Å². The first-order valence-corrected chi connectivity index (χ1v) is 13.9. The van der Waals surface area contributed by atoms with Crippen LogP contribution in [0.25, 0.3) is 0 Å². The highest BCUT2D eigenvalue weighted by Gasteiger charge is 2.31. The Balaban J connectivity index is 1.31. The van der Waals surface area contributed by atoms with Crippen molar-refractivity contribution in [1.82, 2.24) is 0 Å². The lowest BCUT2D eigenvalue weighted by molar-refractivity contribution is 0.0189. The maximum absolute atomic E-state index is 15.2. The van der Waals surface area contributed by atoms with Crippen LogP contribution in [0.5, 0.6) is 5.75 Å². The summed E-state index contributed by atoms with van der Waals surface area (Å²) in [7, 11) is 1.42. The molecule has 0 saturated heterocycles. The molecule has 0 radical (unpaired) electrons. The first kappa shape index (κ1) is 27.5. The van der Waals surface area contributed by atoms with Crippen LogP contribution < -0.4 is 4.74 Å². The Morgan fingerprint density at radius 3 is 1.97 bits per heavy atom. The van der Waals surface area contributed by atoms with Crippen molar-refractivity contribution >= 4 is 5.97 Å². The van der Waals surface area contributed by atoms with E-state index in [0.717, 1.165) is 37.7 Å². The van der Waals surface area contributed by atoms with E-state index in [9.17, 15) is 9.18 Å². The van der Waals surface area contributed by atoms with Crippen molar-refractivity contribution in [3.63, 3.8) is 0 Å². The van der Waals surface area contributed by atoms with E-state index in [1.807, 2.05) is 0 Å². The molecule has 0 atom stereocenters. The Bertz CT molecular complexity index is 1050. The van der Waals surface area contributed by atoms with E-state index >= 15 is 8.78 Å². The molecular formula is C31H39F3O3. The van der Waals surface area contributed by atoms with E-state index in [2.05, 4.69) is 6.92 Å². The van der Waals surface area contributed by atoms with Gasteiger partial charge in [-0.3, -0.25) is 0 Å². The number of hydrogen-bond donors (Lipinski definition) is 0. The summed E-state index contributed by atoms with van der Waals surface area (Å²) in [4.78, 5) is 12.4. The van der Waals surface area contributed by atoms with Gasteiger partial charge < -0.3 is 9.47 Å². The molecule has 3 nitrogen and oxygen atoms in total. The van der Waals surface area contributed by atoms with E-state index in [1.54, 1.807) is 12.1 Å². The minimum atomic E-state index is -0.719. The summed E-state index contributed by atoms with van der Waals surface area (Å²) in [6, 6.07) is 7.57. The van der Waals surface area contributed by atoms with Crippen molar-refractivity contribution in [3.8, 4) is 5.75 Å². The molecule has 2 aliphatic carbocycles. The highest BCUT2D eigenvalue weighted by Crippen LogP contribution is 2.41. The Hall–Kier alpha value is -2.50. The predicted molar refractivity (Wildman–Crippen MR) is 139 cm³/mol. The number of carbonyl (C=O) groups excluding carboxylic acids is 1. The fourth-order valence-corrected chi connectivity index (χ4v) is 6.15. The smallest absolute Gasteiger partial charge is 0.341 e. The third kappa shape index (κ3) is 6.69. The highest BCUT2D eigenvalue weighted by atomic mass is 19.2. The third-order valence-corrected chi connectivity index (χ3v) is 8.43. The average Bonchev–Trinajstić information content (AvgIpc) is 2.91. The topological polar surface area (TPSA) is 35.5 Å². The summed E-state index contributed by atoms with van der Waals surface area (Å²) >= 11 is 0. The van der Waals surface area contributed by atoms with Gasteiger partial charge in [-0.1, -0.05) is 44.7 Å². The third-order valence-electron chi connectivity index (χ3n) is 8.43. The maximum atomic E-state index is 15.2. The number of methoxy groups -OCH3 is 1. The monoisotopic (exact) mass is 516 g/mol. The van der Waals surface area contributed by atoms with Gasteiger partial charge >= 0.3 is 5.97 Å². The molecule has 0 bridgehead atoms. The van der Waals surface area contributed by atoms with E-state index in [-0.39, 0.29) is 23.5 Å². The predicted octanol–water partition coefficient (Wildman–Crippen LogP) is 8.85. The number of halogens is 3. The number of ether oxygens (including phenoxy) is 2. The van der Waals surface area contributed by atoms with E-state index in [0.29, 0.717) is 42.6 Å². The van der Waals surface area contributed by atoms with Crippen LogP contribution in [0.15, 0.2) is 30.3 Å². The molecule has 2 aliphatic rings. The zero-order valence-corrected chi connectivity index (χ0v) is 22.0. The molecule has 0 aromatic heterocycles. The fraction of sp³-hybridized carbons (Fsp3) is 0.581. The van der Waals surface area contributed by atoms with Crippen molar-refractivity contribution < 1.29 is 27.4 Å². The average molecular weight is 517 g/mol. The molecule has 37 heavy (non-hydrogen) atoms. The minimum absolute atomic E-state index is 0.0967. The molecule has 4 rings (SSSR count). The Morgan fingerprint density at radius 1 is 0.838 bits per heavy atom. The number of benzene rings is 2. The minimum Gasteiger partial charge on any atom is -0.497 e. The normalized spacial score (nSPS) is 24.0. The molecular weight excluding hydrogens is 477 g/mol. The van der Waals surface area contributed by atoms with Crippen LogP contribution >= 0.6 is 0 Å². The number of unbranched alkanes of at least 4 members (excludes halogenated alkanes) is 2. The van der Waals surface area contributed by atoms with Gasteiger partial charge in [0.1, 0.15) is 17.7 Å². The van der Waals surface area contributed by atoms with Gasteiger partial charge in [0.15, 0.2) is 11.6 Å². The quantitative estimate of drug-likeness (QED) is 0.247. The van der Waals surface area contributed by atoms with Crippen molar-refractivity contribution in [2.24, 2.45) is 5.92 Å². The zero-order chi connectivity index (χ0) is 26.4. The molecule has 2 saturated carbocycles. The molecule has 2 aromatic rings. The molecule has 2 fully saturated rings. The van der Waals surface area contributed by atoms with Gasteiger partial charge in [-0.2, -0.15) is 0 Å². The zero-order valence-electron chi connectivity index (χ0n) is 22.0. The SMILES string of the molecule is CCCCCC1CCC(c2ccc(C3CCC(OC(=O)c4ccc(OC)cc4F)CC3)c(F)c2F)CC1. The molecule has 202 valence electrons. The van der Waals surface area contributed by atoms with Crippen LogP contribution in [0.1, 0.15) is 117 Å². The lowest BCUT2D eigenvalue weighted by Crippen LogP contribution is -2.25. The van der Waals surface area contributed by atoms with Crippen LogP contribution in [0.2, 0.25) is 0 Å².